The van der Waals surface area contributed by atoms with Crippen molar-refractivity contribution < 1.29 is 9.53 Å². The summed E-state index contributed by atoms with van der Waals surface area (Å²) in [6.07, 6.45) is 0.654. The van der Waals surface area contributed by atoms with Gasteiger partial charge in [-0.1, -0.05) is 6.92 Å². The maximum absolute atomic E-state index is 11.5. The molecule has 1 unspecified atom stereocenters. The second-order valence-electron chi connectivity index (χ2n) is 4.42. The number of ether oxygens (including phenoxy) is 1. The first-order valence-corrected chi connectivity index (χ1v) is 5.40. The standard InChI is InChI=1S/C10H21NO2S/c1-6-8(14)7-11(5)9(12)13-10(2,3)4/h8,14H,6-7H2,1-5H3. The summed E-state index contributed by atoms with van der Waals surface area (Å²) in [5.41, 5.74) is -0.427. The van der Waals surface area contributed by atoms with Crippen molar-refractivity contribution in [1.29, 1.82) is 0 Å². The van der Waals surface area contributed by atoms with Gasteiger partial charge in [0, 0.05) is 18.8 Å². The molecule has 1 atom stereocenters. The lowest BCUT2D eigenvalue weighted by molar-refractivity contribution is 0.0299. The summed E-state index contributed by atoms with van der Waals surface area (Å²) in [7, 11) is 1.73. The summed E-state index contributed by atoms with van der Waals surface area (Å²) in [5, 5.41) is 0.215. The summed E-state index contributed by atoms with van der Waals surface area (Å²) >= 11 is 4.33. The molecule has 4 heteroatoms. The van der Waals surface area contributed by atoms with E-state index in [0.717, 1.165) is 6.42 Å². The van der Waals surface area contributed by atoms with Crippen LogP contribution in [0.4, 0.5) is 4.79 Å². The highest BCUT2D eigenvalue weighted by Crippen LogP contribution is 2.10. The Morgan fingerprint density at radius 3 is 2.36 bits per heavy atom. The minimum atomic E-state index is -0.427. The third-order valence-corrected chi connectivity index (χ3v) is 2.19. The van der Waals surface area contributed by atoms with Crippen LogP contribution in [0, 0.1) is 0 Å². The van der Waals surface area contributed by atoms with E-state index in [4.69, 9.17) is 4.74 Å². The molecule has 0 aromatic rings. The Balaban J connectivity index is 4.00. The maximum atomic E-state index is 11.5. The number of carbonyl (C=O) groups is 1. The van der Waals surface area contributed by atoms with Crippen molar-refractivity contribution in [3.05, 3.63) is 0 Å². The molecule has 0 aliphatic heterocycles. The average Bonchev–Trinajstić information content (AvgIpc) is 2.00. The third kappa shape index (κ3) is 6.13. The zero-order chi connectivity index (χ0) is 11.4. The number of carbonyl (C=O) groups excluding carboxylic acids is 1. The van der Waals surface area contributed by atoms with Gasteiger partial charge in [-0.15, -0.1) is 0 Å². The molecule has 3 nitrogen and oxygen atoms in total. The molecule has 0 saturated carbocycles. The van der Waals surface area contributed by atoms with Crippen LogP contribution in [0.5, 0.6) is 0 Å². The van der Waals surface area contributed by atoms with Gasteiger partial charge in [0.05, 0.1) is 0 Å². The molecule has 0 aliphatic rings. The molecular weight excluding hydrogens is 198 g/mol. The largest absolute Gasteiger partial charge is 0.444 e. The van der Waals surface area contributed by atoms with Crippen LogP contribution in [0.3, 0.4) is 0 Å². The quantitative estimate of drug-likeness (QED) is 0.739. The van der Waals surface area contributed by atoms with E-state index < -0.39 is 5.60 Å². The fourth-order valence-electron chi connectivity index (χ4n) is 0.860. The fourth-order valence-corrected chi connectivity index (χ4v) is 1.10. The number of amides is 1. The van der Waals surface area contributed by atoms with Crippen LogP contribution in [0.25, 0.3) is 0 Å². The van der Waals surface area contributed by atoms with Crippen LogP contribution in [0.1, 0.15) is 34.1 Å². The molecule has 0 fully saturated rings. The van der Waals surface area contributed by atoms with Gasteiger partial charge in [-0.05, 0) is 27.2 Å². The van der Waals surface area contributed by atoms with Gasteiger partial charge in [0.1, 0.15) is 5.60 Å². The van der Waals surface area contributed by atoms with E-state index in [0.29, 0.717) is 6.54 Å². The van der Waals surface area contributed by atoms with Crippen molar-refractivity contribution in [2.45, 2.75) is 45.0 Å². The molecule has 84 valence electrons. The first-order chi connectivity index (χ1) is 6.26. The maximum Gasteiger partial charge on any atom is 0.410 e. The molecule has 0 heterocycles. The highest BCUT2D eigenvalue weighted by atomic mass is 32.1. The van der Waals surface area contributed by atoms with Gasteiger partial charge in [-0.25, -0.2) is 4.79 Å². The lowest BCUT2D eigenvalue weighted by Gasteiger charge is -2.25. The van der Waals surface area contributed by atoms with E-state index >= 15 is 0 Å². The van der Waals surface area contributed by atoms with Gasteiger partial charge < -0.3 is 9.64 Å². The van der Waals surface area contributed by atoms with Gasteiger partial charge in [0.2, 0.25) is 0 Å². The van der Waals surface area contributed by atoms with Crippen molar-refractivity contribution in [3.63, 3.8) is 0 Å². The molecule has 0 radical (unpaired) electrons. The zero-order valence-corrected chi connectivity index (χ0v) is 10.6. The molecule has 14 heavy (non-hydrogen) atoms. The second kappa shape index (κ2) is 5.49. The molecule has 0 aromatic heterocycles. The Hall–Kier alpha value is -0.380. The van der Waals surface area contributed by atoms with Gasteiger partial charge in [0.15, 0.2) is 0 Å². The molecule has 0 bridgehead atoms. The molecule has 0 saturated heterocycles. The summed E-state index contributed by atoms with van der Waals surface area (Å²) in [6.45, 7) is 8.24. The third-order valence-electron chi connectivity index (χ3n) is 1.66. The lowest BCUT2D eigenvalue weighted by atomic mass is 10.2. The Morgan fingerprint density at radius 2 is 2.00 bits per heavy atom. The van der Waals surface area contributed by atoms with Crippen molar-refractivity contribution in [2.24, 2.45) is 0 Å². The van der Waals surface area contributed by atoms with E-state index in [2.05, 4.69) is 12.6 Å². The van der Waals surface area contributed by atoms with Crippen LogP contribution in [0.15, 0.2) is 0 Å². The van der Waals surface area contributed by atoms with Crippen LogP contribution < -0.4 is 0 Å². The number of nitrogens with zero attached hydrogens (tertiary/aromatic N) is 1. The predicted octanol–water partition coefficient (Wildman–Crippen LogP) is 2.56. The molecule has 0 spiro atoms. The molecule has 0 rings (SSSR count). The van der Waals surface area contributed by atoms with Crippen LogP contribution >= 0.6 is 12.6 Å². The predicted molar refractivity (Wildman–Crippen MR) is 61.9 cm³/mol. The Bertz CT molecular complexity index is 189. The average molecular weight is 219 g/mol. The molecule has 0 aromatic carbocycles. The fraction of sp³-hybridized carbons (Fsp3) is 0.900. The Labute approximate surface area is 92.2 Å². The van der Waals surface area contributed by atoms with Gasteiger partial charge in [-0.2, -0.15) is 12.6 Å². The molecule has 1 amide bonds. The summed E-state index contributed by atoms with van der Waals surface area (Å²) in [5.74, 6) is 0. The Kier molecular flexibility index (Phi) is 5.34. The van der Waals surface area contributed by atoms with Gasteiger partial charge in [-0.3, -0.25) is 0 Å². The molecular formula is C10H21NO2S. The van der Waals surface area contributed by atoms with Crippen molar-refractivity contribution >= 4 is 18.7 Å². The van der Waals surface area contributed by atoms with E-state index in [9.17, 15) is 4.79 Å². The minimum absolute atomic E-state index is 0.215. The smallest absolute Gasteiger partial charge is 0.410 e. The lowest BCUT2D eigenvalue weighted by Crippen LogP contribution is -2.37. The number of hydrogen-bond donors (Lipinski definition) is 1. The zero-order valence-electron chi connectivity index (χ0n) is 9.70. The minimum Gasteiger partial charge on any atom is -0.444 e. The normalized spacial score (nSPS) is 13.6. The topological polar surface area (TPSA) is 29.5 Å². The van der Waals surface area contributed by atoms with Crippen LogP contribution in [-0.4, -0.2) is 35.4 Å². The van der Waals surface area contributed by atoms with Crippen molar-refractivity contribution in [1.82, 2.24) is 4.90 Å². The summed E-state index contributed by atoms with van der Waals surface area (Å²) in [4.78, 5) is 13.0. The highest BCUT2D eigenvalue weighted by molar-refractivity contribution is 7.81. The van der Waals surface area contributed by atoms with E-state index in [1.165, 1.54) is 0 Å². The first kappa shape index (κ1) is 13.6. The molecule has 0 aliphatic carbocycles. The van der Waals surface area contributed by atoms with Gasteiger partial charge >= 0.3 is 6.09 Å². The SMILES string of the molecule is CCC(S)CN(C)C(=O)OC(C)(C)C. The van der Waals surface area contributed by atoms with E-state index in [-0.39, 0.29) is 11.3 Å². The number of rotatable bonds is 3. The van der Waals surface area contributed by atoms with Crippen LogP contribution in [0.2, 0.25) is 0 Å². The Morgan fingerprint density at radius 1 is 1.50 bits per heavy atom. The first-order valence-electron chi connectivity index (χ1n) is 4.88. The van der Waals surface area contributed by atoms with E-state index in [1.54, 1.807) is 11.9 Å². The summed E-state index contributed by atoms with van der Waals surface area (Å²) in [6, 6.07) is 0. The second-order valence-corrected chi connectivity index (χ2v) is 5.15. The summed E-state index contributed by atoms with van der Waals surface area (Å²) < 4.78 is 5.20. The van der Waals surface area contributed by atoms with E-state index in [1.807, 2.05) is 27.7 Å². The van der Waals surface area contributed by atoms with Crippen molar-refractivity contribution in [3.8, 4) is 0 Å². The molecule has 0 N–H and O–H groups in total. The van der Waals surface area contributed by atoms with Crippen molar-refractivity contribution in [2.75, 3.05) is 13.6 Å². The monoisotopic (exact) mass is 219 g/mol. The number of thiol groups is 1. The van der Waals surface area contributed by atoms with Crippen LogP contribution in [-0.2, 0) is 4.74 Å². The van der Waals surface area contributed by atoms with Gasteiger partial charge in [0.25, 0.3) is 0 Å². The number of hydrogen-bond acceptors (Lipinski definition) is 3. The highest BCUT2D eigenvalue weighted by Gasteiger charge is 2.20.